The molecule has 0 aromatic carbocycles. The number of methoxy groups -OCH3 is 1. The highest BCUT2D eigenvalue weighted by atomic mass is 16.5. The lowest BCUT2D eigenvalue weighted by molar-refractivity contribution is -0.142. The second-order valence-electron chi connectivity index (χ2n) is 4.47. The van der Waals surface area contributed by atoms with E-state index in [0.717, 1.165) is 6.42 Å². The van der Waals surface area contributed by atoms with Crippen LogP contribution >= 0.6 is 0 Å². The van der Waals surface area contributed by atoms with Crippen LogP contribution in [0.2, 0.25) is 0 Å². The van der Waals surface area contributed by atoms with Crippen LogP contribution in [0.15, 0.2) is 0 Å². The molecule has 110 valence electrons. The molecule has 1 saturated heterocycles. The molecule has 1 heterocycles. The number of hydrogen-bond donors (Lipinski definition) is 2. The van der Waals surface area contributed by atoms with Gasteiger partial charge in [-0.05, 0) is 6.42 Å². The van der Waals surface area contributed by atoms with E-state index >= 15 is 0 Å². The second-order valence-corrected chi connectivity index (χ2v) is 4.47. The number of carbonyl (C=O) groups is 2. The zero-order valence-electron chi connectivity index (χ0n) is 11.4. The molecular weight excluding hydrogens is 252 g/mol. The molecule has 2 N–H and O–H groups in total. The molecule has 19 heavy (non-hydrogen) atoms. The smallest absolute Gasteiger partial charge is 0.317 e. The van der Waals surface area contributed by atoms with Crippen LogP contribution in [0.1, 0.15) is 13.3 Å². The van der Waals surface area contributed by atoms with Crippen LogP contribution in [-0.4, -0.2) is 68.1 Å². The molecule has 0 aliphatic carbocycles. The lowest BCUT2D eigenvalue weighted by atomic mass is 10.0. The predicted octanol–water partition coefficient (Wildman–Crippen LogP) is 0.154. The molecule has 2 unspecified atom stereocenters. The SMILES string of the molecule is CCCN(C(=O)NCCOC)C1COCC1C(=O)O. The third-order valence-corrected chi connectivity index (χ3v) is 3.08. The van der Waals surface area contributed by atoms with Gasteiger partial charge in [0.15, 0.2) is 0 Å². The molecule has 1 aliphatic rings. The fourth-order valence-corrected chi connectivity index (χ4v) is 2.11. The highest BCUT2D eigenvalue weighted by molar-refractivity contribution is 5.77. The van der Waals surface area contributed by atoms with Gasteiger partial charge in [-0.2, -0.15) is 0 Å². The van der Waals surface area contributed by atoms with E-state index in [0.29, 0.717) is 19.7 Å². The zero-order chi connectivity index (χ0) is 14.3. The van der Waals surface area contributed by atoms with Crippen molar-refractivity contribution in [2.24, 2.45) is 5.92 Å². The first-order chi connectivity index (χ1) is 9.11. The number of amides is 2. The minimum absolute atomic E-state index is 0.158. The van der Waals surface area contributed by atoms with Crippen molar-refractivity contribution in [3.05, 3.63) is 0 Å². The Labute approximate surface area is 112 Å². The van der Waals surface area contributed by atoms with Crippen molar-refractivity contribution >= 4 is 12.0 Å². The van der Waals surface area contributed by atoms with Gasteiger partial charge < -0.3 is 24.8 Å². The summed E-state index contributed by atoms with van der Waals surface area (Å²) < 4.78 is 10.1. The van der Waals surface area contributed by atoms with Crippen LogP contribution in [0.25, 0.3) is 0 Å². The number of carbonyl (C=O) groups excluding carboxylic acids is 1. The molecule has 1 aliphatic heterocycles. The van der Waals surface area contributed by atoms with Gasteiger partial charge in [0.05, 0.1) is 25.9 Å². The van der Waals surface area contributed by atoms with Crippen molar-refractivity contribution in [2.45, 2.75) is 19.4 Å². The van der Waals surface area contributed by atoms with Crippen molar-refractivity contribution in [3.63, 3.8) is 0 Å². The number of aliphatic carboxylic acids is 1. The van der Waals surface area contributed by atoms with E-state index in [4.69, 9.17) is 14.6 Å². The maximum Gasteiger partial charge on any atom is 0.317 e. The number of nitrogens with one attached hydrogen (secondary N) is 1. The van der Waals surface area contributed by atoms with Crippen LogP contribution in [0, 0.1) is 5.92 Å². The van der Waals surface area contributed by atoms with Crippen LogP contribution in [0.5, 0.6) is 0 Å². The van der Waals surface area contributed by atoms with Crippen LogP contribution in [0.3, 0.4) is 0 Å². The van der Waals surface area contributed by atoms with E-state index in [2.05, 4.69) is 5.32 Å². The largest absolute Gasteiger partial charge is 0.481 e. The Balaban J connectivity index is 2.64. The summed E-state index contributed by atoms with van der Waals surface area (Å²) in [5.41, 5.74) is 0. The van der Waals surface area contributed by atoms with Crippen molar-refractivity contribution in [1.29, 1.82) is 0 Å². The van der Waals surface area contributed by atoms with Crippen molar-refractivity contribution in [3.8, 4) is 0 Å². The third kappa shape index (κ3) is 4.36. The molecule has 0 bridgehead atoms. The molecule has 1 fully saturated rings. The number of carboxylic acids is 1. The minimum atomic E-state index is -0.923. The summed E-state index contributed by atoms with van der Waals surface area (Å²) >= 11 is 0. The lowest BCUT2D eigenvalue weighted by Crippen LogP contribution is -2.51. The molecule has 2 atom stereocenters. The van der Waals surface area contributed by atoms with Crippen LogP contribution in [0.4, 0.5) is 4.79 Å². The van der Waals surface area contributed by atoms with Gasteiger partial charge in [-0.25, -0.2) is 4.79 Å². The Morgan fingerprint density at radius 2 is 2.21 bits per heavy atom. The number of urea groups is 1. The fraction of sp³-hybridized carbons (Fsp3) is 0.833. The maximum atomic E-state index is 12.1. The van der Waals surface area contributed by atoms with E-state index < -0.39 is 17.9 Å². The molecule has 7 nitrogen and oxygen atoms in total. The summed E-state index contributed by atoms with van der Waals surface area (Å²) in [6, 6.07) is -0.666. The van der Waals surface area contributed by atoms with Gasteiger partial charge in [-0.15, -0.1) is 0 Å². The highest BCUT2D eigenvalue weighted by Crippen LogP contribution is 2.20. The molecule has 0 aromatic heterocycles. The summed E-state index contributed by atoms with van der Waals surface area (Å²) in [4.78, 5) is 24.8. The van der Waals surface area contributed by atoms with Crippen molar-refractivity contribution < 1.29 is 24.2 Å². The van der Waals surface area contributed by atoms with Gasteiger partial charge in [0.1, 0.15) is 5.92 Å². The van der Waals surface area contributed by atoms with Crippen molar-refractivity contribution in [2.75, 3.05) is 40.0 Å². The predicted molar refractivity (Wildman–Crippen MR) is 68.0 cm³/mol. The Kier molecular flexibility index (Phi) is 6.58. The summed E-state index contributed by atoms with van der Waals surface area (Å²) in [6.45, 7) is 3.72. The monoisotopic (exact) mass is 274 g/mol. The fourth-order valence-electron chi connectivity index (χ4n) is 2.11. The van der Waals surface area contributed by atoms with Crippen molar-refractivity contribution in [1.82, 2.24) is 10.2 Å². The Morgan fingerprint density at radius 1 is 1.47 bits per heavy atom. The minimum Gasteiger partial charge on any atom is -0.481 e. The lowest BCUT2D eigenvalue weighted by Gasteiger charge is -2.30. The first-order valence-electron chi connectivity index (χ1n) is 6.45. The first-order valence-corrected chi connectivity index (χ1v) is 6.45. The number of hydrogen-bond acceptors (Lipinski definition) is 4. The van der Waals surface area contributed by atoms with Gasteiger partial charge in [0, 0.05) is 20.2 Å². The molecule has 0 aromatic rings. The second kappa shape index (κ2) is 7.96. The van der Waals surface area contributed by atoms with Crippen LogP contribution < -0.4 is 5.32 Å². The molecule has 2 amide bonds. The summed E-state index contributed by atoms with van der Waals surface area (Å²) in [6.07, 6.45) is 0.764. The Morgan fingerprint density at radius 3 is 2.79 bits per heavy atom. The Hall–Kier alpha value is -1.34. The van der Waals surface area contributed by atoms with Gasteiger partial charge >= 0.3 is 12.0 Å². The van der Waals surface area contributed by atoms with Crippen LogP contribution in [-0.2, 0) is 14.3 Å². The number of nitrogens with zero attached hydrogens (tertiary/aromatic N) is 1. The average Bonchev–Trinajstić information content (AvgIpc) is 2.85. The van der Waals surface area contributed by atoms with Gasteiger partial charge in [0.2, 0.25) is 0 Å². The van der Waals surface area contributed by atoms with Gasteiger partial charge in [-0.1, -0.05) is 6.92 Å². The third-order valence-electron chi connectivity index (χ3n) is 3.08. The van der Waals surface area contributed by atoms with E-state index in [9.17, 15) is 9.59 Å². The standard InChI is InChI=1S/C12H22N2O5/c1-3-5-14(12(17)13-4-6-18-2)10-8-19-7-9(10)11(15)16/h9-10H,3-8H2,1-2H3,(H,13,17)(H,15,16). The molecule has 0 radical (unpaired) electrons. The summed E-state index contributed by atoms with van der Waals surface area (Å²) in [7, 11) is 1.56. The molecule has 0 saturated carbocycles. The topological polar surface area (TPSA) is 88.1 Å². The molecule has 1 rings (SSSR count). The number of carboxylic acid groups (broad SMARTS) is 1. The van der Waals surface area contributed by atoms with E-state index in [1.54, 1.807) is 12.0 Å². The average molecular weight is 274 g/mol. The Bertz CT molecular complexity index is 310. The zero-order valence-corrected chi connectivity index (χ0v) is 11.4. The summed E-state index contributed by atoms with van der Waals surface area (Å²) in [5, 5.41) is 11.9. The molecule has 0 spiro atoms. The molecular formula is C12H22N2O5. The summed E-state index contributed by atoms with van der Waals surface area (Å²) in [5.74, 6) is -1.58. The van der Waals surface area contributed by atoms with E-state index in [1.165, 1.54) is 0 Å². The normalized spacial score (nSPS) is 22.2. The highest BCUT2D eigenvalue weighted by Gasteiger charge is 2.39. The van der Waals surface area contributed by atoms with Gasteiger partial charge in [0.25, 0.3) is 0 Å². The molecule has 7 heteroatoms. The first kappa shape index (κ1) is 15.7. The maximum absolute atomic E-state index is 12.1. The van der Waals surface area contributed by atoms with E-state index in [1.807, 2.05) is 6.92 Å². The van der Waals surface area contributed by atoms with Gasteiger partial charge in [-0.3, -0.25) is 4.79 Å². The number of rotatable bonds is 7. The quantitative estimate of drug-likeness (QED) is 0.645. The number of ether oxygens (including phenoxy) is 2. The van der Waals surface area contributed by atoms with E-state index in [-0.39, 0.29) is 19.2 Å².